The maximum absolute atomic E-state index is 13.3. The van der Waals surface area contributed by atoms with Crippen molar-refractivity contribution in [3.8, 4) is 0 Å². The normalized spacial score (nSPS) is 32.1. The van der Waals surface area contributed by atoms with Crippen molar-refractivity contribution in [2.75, 3.05) is 31.6 Å². The van der Waals surface area contributed by atoms with Gasteiger partial charge in [-0.1, -0.05) is 6.92 Å². The summed E-state index contributed by atoms with van der Waals surface area (Å²) in [6, 6.07) is 5.72. The second-order valence-electron chi connectivity index (χ2n) is 7.34. The van der Waals surface area contributed by atoms with Crippen molar-refractivity contribution in [1.29, 1.82) is 0 Å². The molecule has 1 N–H and O–H groups in total. The molecular formula is C18H24FN5O2. The number of carbonyl (C=O) groups is 2. The predicted molar refractivity (Wildman–Crippen MR) is 94.7 cm³/mol. The van der Waals surface area contributed by atoms with Crippen LogP contribution in [0.5, 0.6) is 0 Å². The molecule has 1 aromatic carbocycles. The summed E-state index contributed by atoms with van der Waals surface area (Å²) >= 11 is 0. The summed E-state index contributed by atoms with van der Waals surface area (Å²) < 4.78 is 13.3. The van der Waals surface area contributed by atoms with Crippen molar-refractivity contribution >= 4 is 17.6 Å². The SMILES string of the molecule is CCN1C(=O)C2C(NC3N(c4ccc(F)cc4)CC(C)CN23)N(C)C1=O. The molecule has 0 radical (unpaired) electrons. The summed E-state index contributed by atoms with van der Waals surface area (Å²) in [5.41, 5.74) is 0.896. The Labute approximate surface area is 152 Å². The predicted octanol–water partition coefficient (Wildman–Crippen LogP) is 1.08. The molecule has 0 aliphatic carbocycles. The maximum atomic E-state index is 13.3. The number of halogens is 1. The smallest absolute Gasteiger partial charge is 0.327 e. The van der Waals surface area contributed by atoms with Gasteiger partial charge in [-0.05, 0) is 37.1 Å². The van der Waals surface area contributed by atoms with Crippen LogP contribution in [0.4, 0.5) is 14.9 Å². The lowest BCUT2D eigenvalue weighted by molar-refractivity contribution is -0.138. The third-order valence-corrected chi connectivity index (χ3v) is 5.56. The zero-order chi connectivity index (χ0) is 18.6. The Bertz CT molecular complexity index is 727. The molecule has 4 atom stereocenters. The summed E-state index contributed by atoms with van der Waals surface area (Å²) in [5, 5.41) is 3.45. The first kappa shape index (κ1) is 17.2. The van der Waals surface area contributed by atoms with Crippen LogP contribution in [0, 0.1) is 11.7 Å². The minimum absolute atomic E-state index is 0.149. The van der Waals surface area contributed by atoms with Crippen LogP contribution in [0.2, 0.25) is 0 Å². The number of rotatable bonds is 2. The lowest BCUT2D eigenvalue weighted by Gasteiger charge is -2.45. The number of nitrogens with one attached hydrogen (secondary N) is 1. The third-order valence-electron chi connectivity index (χ3n) is 5.56. The molecule has 1 aromatic rings. The lowest BCUT2D eigenvalue weighted by atomic mass is 10.0. The van der Waals surface area contributed by atoms with E-state index in [2.05, 4.69) is 22.0 Å². The van der Waals surface area contributed by atoms with E-state index in [0.29, 0.717) is 12.5 Å². The maximum Gasteiger partial charge on any atom is 0.327 e. The third kappa shape index (κ3) is 2.47. The number of imide groups is 1. The van der Waals surface area contributed by atoms with Gasteiger partial charge >= 0.3 is 6.03 Å². The number of benzene rings is 1. The van der Waals surface area contributed by atoms with E-state index < -0.39 is 6.04 Å². The molecule has 0 bridgehead atoms. The molecule has 7 nitrogen and oxygen atoms in total. The van der Waals surface area contributed by atoms with Gasteiger partial charge in [-0.25, -0.2) is 9.18 Å². The van der Waals surface area contributed by atoms with Crippen LogP contribution in [0.1, 0.15) is 13.8 Å². The number of likely N-dealkylation sites (N-methyl/N-ethyl adjacent to an activating group) is 2. The van der Waals surface area contributed by atoms with E-state index in [4.69, 9.17) is 0 Å². The highest BCUT2D eigenvalue weighted by Gasteiger charge is 2.56. The second kappa shape index (κ2) is 6.21. The molecule has 8 heteroatoms. The van der Waals surface area contributed by atoms with Crippen LogP contribution < -0.4 is 10.2 Å². The van der Waals surface area contributed by atoms with E-state index in [-0.39, 0.29) is 30.2 Å². The van der Waals surface area contributed by atoms with Gasteiger partial charge in [0.15, 0.2) is 0 Å². The van der Waals surface area contributed by atoms with E-state index in [1.807, 2.05) is 6.92 Å². The fourth-order valence-corrected chi connectivity index (χ4v) is 4.34. The number of hydrogen-bond acceptors (Lipinski definition) is 5. The Morgan fingerprint density at radius 1 is 1.19 bits per heavy atom. The van der Waals surface area contributed by atoms with Gasteiger partial charge in [0.2, 0.25) is 0 Å². The van der Waals surface area contributed by atoms with E-state index in [9.17, 15) is 14.0 Å². The number of carbonyl (C=O) groups excluding carboxylic acids is 2. The zero-order valence-corrected chi connectivity index (χ0v) is 15.2. The van der Waals surface area contributed by atoms with Crippen molar-refractivity contribution in [3.05, 3.63) is 30.1 Å². The monoisotopic (exact) mass is 361 g/mol. The van der Waals surface area contributed by atoms with Crippen LogP contribution in [-0.4, -0.2) is 71.8 Å². The van der Waals surface area contributed by atoms with Crippen LogP contribution in [0.15, 0.2) is 24.3 Å². The highest BCUT2D eigenvalue weighted by Crippen LogP contribution is 2.34. The molecule has 3 amide bonds. The Kier molecular flexibility index (Phi) is 4.11. The average molecular weight is 361 g/mol. The van der Waals surface area contributed by atoms with Gasteiger partial charge in [0, 0.05) is 32.4 Å². The summed E-state index contributed by atoms with van der Waals surface area (Å²) in [6.07, 6.45) is -0.571. The molecule has 0 aromatic heterocycles. The first-order chi connectivity index (χ1) is 12.4. The number of anilines is 1. The minimum atomic E-state index is -0.409. The molecule has 4 rings (SSSR count). The standard InChI is InChI=1S/C18H24FN5O2/c1-4-22-16(25)14-15(21(3)18(22)26)20-17-23(9-11(2)10-24(14)17)13-7-5-12(19)6-8-13/h5-8,11,14-15,17,20H,4,9-10H2,1-3H3. The minimum Gasteiger partial charge on any atom is -0.343 e. The Morgan fingerprint density at radius 3 is 2.54 bits per heavy atom. The first-order valence-electron chi connectivity index (χ1n) is 9.04. The molecule has 26 heavy (non-hydrogen) atoms. The van der Waals surface area contributed by atoms with Crippen molar-refractivity contribution < 1.29 is 14.0 Å². The molecule has 0 saturated carbocycles. The van der Waals surface area contributed by atoms with Crippen molar-refractivity contribution in [1.82, 2.24) is 20.0 Å². The number of nitrogens with zero attached hydrogens (tertiary/aromatic N) is 4. The van der Waals surface area contributed by atoms with Gasteiger partial charge in [-0.2, -0.15) is 0 Å². The molecule has 3 aliphatic rings. The summed E-state index contributed by atoms with van der Waals surface area (Å²) in [4.78, 5) is 32.7. The fraction of sp³-hybridized carbons (Fsp3) is 0.556. The van der Waals surface area contributed by atoms with Gasteiger partial charge in [0.25, 0.3) is 5.91 Å². The first-order valence-corrected chi connectivity index (χ1v) is 9.04. The molecule has 140 valence electrons. The van der Waals surface area contributed by atoms with Crippen LogP contribution in [0.25, 0.3) is 0 Å². The van der Waals surface area contributed by atoms with E-state index >= 15 is 0 Å². The number of fused-ring (bicyclic) bond motifs is 3. The lowest BCUT2D eigenvalue weighted by Crippen LogP contribution is -2.66. The van der Waals surface area contributed by atoms with E-state index in [0.717, 1.165) is 18.8 Å². The van der Waals surface area contributed by atoms with E-state index in [1.54, 1.807) is 24.1 Å². The summed E-state index contributed by atoms with van der Waals surface area (Å²) in [5.74, 6) is -0.0887. The Hall–Kier alpha value is -2.19. The molecule has 3 heterocycles. The van der Waals surface area contributed by atoms with Gasteiger partial charge in [-0.15, -0.1) is 0 Å². The highest BCUT2D eigenvalue weighted by atomic mass is 19.1. The molecule has 3 saturated heterocycles. The topological polar surface area (TPSA) is 59.1 Å². The Balaban J connectivity index is 1.69. The van der Waals surface area contributed by atoms with Crippen LogP contribution in [0.3, 0.4) is 0 Å². The summed E-state index contributed by atoms with van der Waals surface area (Å²) in [6.45, 7) is 5.87. The summed E-state index contributed by atoms with van der Waals surface area (Å²) in [7, 11) is 1.73. The quantitative estimate of drug-likeness (QED) is 0.854. The average Bonchev–Trinajstić information content (AvgIpc) is 3.00. The molecule has 0 spiro atoms. The van der Waals surface area contributed by atoms with Gasteiger partial charge in [-0.3, -0.25) is 19.9 Å². The fourth-order valence-electron chi connectivity index (χ4n) is 4.34. The van der Waals surface area contributed by atoms with Crippen LogP contribution in [-0.2, 0) is 4.79 Å². The highest BCUT2D eigenvalue weighted by molar-refractivity contribution is 6.00. The molecule has 3 fully saturated rings. The van der Waals surface area contributed by atoms with Gasteiger partial charge in [0.05, 0.1) is 0 Å². The number of urea groups is 1. The van der Waals surface area contributed by atoms with Crippen LogP contribution >= 0.6 is 0 Å². The number of hydrogen-bond donors (Lipinski definition) is 1. The van der Waals surface area contributed by atoms with Crippen molar-refractivity contribution in [3.63, 3.8) is 0 Å². The van der Waals surface area contributed by atoms with Gasteiger partial charge < -0.3 is 9.80 Å². The molecular weight excluding hydrogens is 337 g/mol. The second-order valence-corrected chi connectivity index (χ2v) is 7.34. The number of amides is 3. The Morgan fingerprint density at radius 2 is 1.88 bits per heavy atom. The van der Waals surface area contributed by atoms with E-state index in [1.165, 1.54) is 17.0 Å². The molecule has 4 unspecified atom stereocenters. The van der Waals surface area contributed by atoms with Crippen molar-refractivity contribution in [2.45, 2.75) is 32.3 Å². The molecule has 3 aliphatic heterocycles. The van der Waals surface area contributed by atoms with Gasteiger partial charge in [0.1, 0.15) is 24.3 Å². The zero-order valence-electron chi connectivity index (χ0n) is 15.2. The largest absolute Gasteiger partial charge is 0.343 e. The van der Waals surface area contributed by atoms with Crippen molar-refractivity contribution in [2.24, 2.45) is 5.92 Å².